The van der Waals surface area contributed by atoms with Crippen molar-refractivity contribution in [3.63, 3.8) is 0 Å². The molecular weight excluding hydrogens is 696 g/mol. The van der Waals surface area contributed by atoms with Crippen molar-refractivity contribution in [2.45, 2.75) is 63.8 Å². The summed E-state index contributed by atoms with van der Waals surface area (Å²) in [5.74, 6) is -0.954. The molecule has 1 unspecified atom stereocenters. The first kappa shape index (κ1) is 39.3. The normalized spacial score (nSPS) is 15.0. The van der Waals surface area contributed by atoms with E-state index in [1.807, 2.05) is 42.5 Å². The Kier molecular flexibility index (Phi) is 14.0. The van der Waals surface area contributed by atoms with Gasteiger partial charge in [-0.2, -0.15) is 0 Å². The number of aryl methyl sites for hydroxylation is 2. The van der Waals surface area contributed by atoms with Crippen LogP contribution in [0.3, 0.4) is 0 Å². The van der Waals surface area contributed by atoms with Gasteiger partial charge in [0.25, 0.3) is 23.6 Å². The SMILES string of the molecule is COc1ccc(CCCc2ccc(OCC(=O)NCCCCCCNC(=O)COc3cccc4c3C(=O)N(C3CCC(=O)NC3=O)C4=O)cc2)cc1OC. The van der Waals surface area contributed by atoms with E-state index in [0.29, 0.717) is 24.6 Å². The Bertz CT molecular complexity index is 1840. The number of ether oxygens (including phenoxy) is 4. The Hall–Kier alpha value is -5.92. The Labute approximate surface area is 313 Å². The standard InChI is InChI=1S/C40H46N4O10/c1-51-31-19-15-27(23-33(31)52-2)10-7-9-26-13-16-28(17-14-26)53-24-35(46)41-21-5-3-4-6-22-42-36(47)25-54-32-12-8-11-29-37(32)40(50)44(39(29)49)30-18-20-34(45)43-38(30)48/h8,11-17,19,23,30H,3-7,9-10,18,20-22,24-25H2,1-2H3,(H,41,46)(H,42,47)(H,43,45,48). The summed E-state index contributed by atoms with van der Waals surface area (Å²) in [6.45, 7) is 0.509. The van der Waals surface area contributed by atoms with E-state index in [-0.39, 0.29) is 54.7 Å². The van der Waals surface area contributed by atoms with Crippen LogP contribution in [0.25, 0.3) is 0 Å². The molecule has 54 heavy (non-hydrogen) atoms. The number of fused-ring (bicyclic) bond motifs is 1. The minimum absolute atomic E-state index is 0.0112. The molecule has 2 heterocycles. The van der Waals surface area contributed by atoms with Crippen LogP contribution in [-0.4, -0.2) is 86.9 Å². The zero-order valence-corrected chi connectivity index (χ0v) is 30.6. The molecule has 2 aliphatic rings. The summed E-state index contributed by atoms with van der Waals surface area (Å²) < 4.78 is 21.9. The summed E-state index contributed by atoms with van der Waals surface area (Å²) in [6, 6.07) is 17.1. The summed E-state index contributed by atoms with van der Waals surface area (Å²) in [6.07, 6.45) is 6.06. The van der Waals surface area contributed by atoms with Crippen molar-refractivity contribution in [2.24, 2.45) is 0 Å². The van der Waals surface area contributed by atoms with Gasteiger partial charge >= 0.3 is 0 Å². The number of hydrogen-bond acceptors (Lipinski definition) is 10. The van der Waals surface area contributed by atoms with E-state index in [4.69, 9.17) is 18.9 Å². The Morgan fingerprint density at radius 3 is 2.04 bits per heavy atom. The van der Waals surface area contributed by atoms with Gasteiger partial charge in [-0.15, -0.1) is 0 Å². The number of carbonyl (C=O) groups excluding carboxylic acids is 6. The molecule has 3 N–H and O–H groups in total. The largest absolute Gasteiger partial charge is 0.493 e. The molecule has 1 atom stereocenters. The minimum atomic E-state index is -1.09. The summed E-state index contributed by atoms with van der Waals surface area (Å²) in [5, 5.41) is 7.80. The lowest BCUT2D eigenvalue weighted by Gasteiger charge is -2.27. The number of hydrogen-bond donors (Lipinski definition) is 3. The summed E-state index contributed by atoms with van der Waals surface area (Å²) in [7, 11) is 3.25. The molecule has 14 heteroatoms. The lowest BCUT2D eigenvalue weighted by atomic mass is 10.0. The molecule has 6 amide bonds. The number of nitrogens with one attached hydrogen (secondary N) is 3. The second kappa shape index (κ2) is 19.2. The van der Waals surface area contributed by atoms with Crippen molar-refractivity contribution < 1.29 is 47.7 Å². The van der Waals surface area contributed by atoms with Crippen LogP contribution in [0.4, 0.5) is 0 Å². The van der Waals surface area contributed by atoms with Gasteiger partial charge in [-0.05, 0) is 86.1 Å². The van der Waals surface area contributed by atoms with E-state index in [9.17, 15) is 28.8 Å². The van der Waals surface area contributed by atoms with E-state index >= 15 is 0 Å². The van der Waals surface area contributed by atoms with Crippen molar-refractivity contribution >= 4 is 35.4 Å². The number of imide groups is 2. The number of piperidine rings is 1. The molecule has 0 aliphatic carbocycles. The van der Waals surface area contributed by atoms with Crippen LogP contribution in [0, 0.1) is 0 Å². The van der Waals surface area contributed by atoms with Gasteiger partial charge < -0.3 is 29.6 Å². The van der Waals surface area contributed by atoms with Crippen molar-refractivity contribution in [1.29, 1.82) is 0 Å². The van der Waals surface area contributed by atoms with E-state index in [0.717, 1.165) is 55.6 Å². The first-order valence-corrected chi connectivity index (χ1v) is 18.1. The van der Waals surface area contributed by atoms with Crippen molar-refractivity contribution in [3.05, 3.63) is 82.9 Å². The molecule has 3 aromatic carbocycles. The number of rotatable bonds is 20. The fourth-order valence-corrected chi connectivity index (χ4v) is 6.34. The molecule has 0 saturated carbocycles. The van der Waals surface area contributed by atoms with Gasteiger partial charge in [-0.25, -0.2) is 0 Å². The predicted octanol–water partition coefficient (Wildman–Crippen LogP) is 3.53. The van der Waals surface area contributed by atoms with Crippen LogP contribution in [0.1, 0.15) is 76.8 Å². The maximum atomic E-state index is 13.2. The predicted molar refractivity (Wildman–Crippen MR) is 197 cm³/mol. The summed E-state index contributed by atoms with van der Waals surface area (Å²) in [4.78, 5) is 75.5. The quantitative estimate of drug-likeness (QED) is 0.115. The van der Waals surface area contributed by atoms with Crippen LogP contribution in [0.15, 0.2) is 60.7 Å². The highest BCUT2D eigenvalue weighted by atomic mass is 16.5. The molecule has 0 aromatic heterocycles. The van der Waals surface area contributed by atoms with Gasteiger partial charge in [-0.1, -0.05) is 37.1 Å². The Morgan fingerprint density at radius 1 is 0.722 bits per heavy atom. The van der Waals surface area contributed by atoms with E-state index < -0.39 is 29.7 Å². The van der Waals surface area contributed by atoms with Crippen molar-refractivity contribution in [3.8, 4) is 23.0 Å². The highest BCUT2D eigenvalue weighted by Gasteiger charge is 2.46. The average Bonchev–Trinajstić information content (AvgIpc) is 3.43. The van der Waals surface area contributed by atoms with Crippen LogP contribution < -0.4 is 34.9 Å². The highest BCUT2D eigenvalue weighted by molar-refractivity contribution is 6.24. The monoisotopic (exact) mass is 742 g/mol. The lowest BCUT2D eigenvalue weighted by molar-refractivity contribution is -0.136. The maximum absolute atomic E-state index is 13.2. The minimum Gasteiger partial charge on any atom is -0.493 e. The third kappa shape index (κ3) is 10.4. The van der Waals surface area contributed by atoms with Gasteiger partial charge in [0, 0.05) is 19.5 Å². The molecule has 1 saturated heterocycles. The number of unbranched alkanes of at least 4 members (excludes halogenated alkanes) is 3. The van der Waals surface area contributed by atoms with Crippen molar-refractivity contribution in [2.75, 3.05) is 40.5 Å². The van der Waals surface area contributed by atoms with Gasteiger partial charge in [-0.3, -0.25) is 39.0 Å². The Morgan fingerprint density at radius 2 is 1.37 bits per heavy atom. The average molecular weight is 743 g/mol. The zero-order chi connectivity index (χ0) is 38.5. The number of nitrogens with zero attached hydrogens (tertiary/aromatic N) is 1. The second-order valence-corrected chi connectivity index (χ2v) is 13.0. The lowest BCUT2D eigenvalue weighted by Crippen LogP contribution is -2.54. The van der Waals surface area contributed by atoms with E-state index in [2.05, 4.69) is 16.0 Å². The third-order valence-corrected chi connectivity index (χ3v) is 9.21. The second-order valence-electron chi connectivity index (χ2n) is 13.0. The van der Waals surface area contributed by atoms with Gasteiger partial charge in [0.15, 0.2) is 24.7 Å². The molecule has 2 aliphatic heterocycles. The highest BCUT2D eigenvalue weighted by Crippen LogP contribution is 2.33. The molecule has 14 nitrogen and oxygen atoms in total. The van der Waals surface area contributed by atoms with E-state index in [1.54, 1.807) is 14.2 Å². The first-order chi connectivity index (χ1) is 26.2. The maximum Gasteiger partial charge on any atom is 0.266 e. The number of methoxy groups -OCH3 is 2. The molecule has 0 radical (unpaired) electrons. The number of benzene rings is 3. The molecule has 5 rings (SSSR count). The molecule has 1 fully saturated rings. The topological polar surface area (TPSA) is 179 Å². The molecular formula is C40H46N4O10. The van der Waals surface area contributed by atoms with Crippen LogP contribution in [0.2, 0.25) is 0 Å². The smallest absolute Gasteiger partial charge is 0.266 e. The van der Waals surface area contributed by atoms with Crippen LogP contribution in [0.5, 0.6) is 23.0 Å². The number of amides is 6. The van der Waals surface area contributed by atoms with Gasteiger partial charge in [0.05, 0.1) is 25.3 Å². The summed E-state index contributed by atoms with van der Waals surface area (Å²) in [5.41, 5.74) is 2.44. The third-order valence-electron chi connectivity index (χ3n) is 9.21. The molecule has 3 aromatic rings. The fraction of sp³-hybridized carbons (Fsp3) is 0.400. The van der Waals surface area contributed by atoms with Crippen molar-refractivity contribution in [1.82, 2.24) is 20.9 Å². The van der Waals surface area contributed by atoms with Gasteiger partial charge in [0.2, 0.25) is 11.8 Å². The summed E-state index contributed by atoms with van der Waals surface area (Å²) >= 11 is 0. The Balaban J connectivity index is 0.900. The molecule has 286 valence electrons. The molecule has 0 bridgehead atoms. The fourth-order valence-electron chi connectivity index (χ4n) is 6.34. The molecule has 0 spiro atoms. The first-order valence-electron chi connectivity index (χ1n) is 18.1. The van der Waals surface area contributed by atoms with Crippen LogP contribution in [-0.2, 0) is 32.0 Å². The van der Waals surface area contributed by atoms with E-state index in [1.165, 1.54) is 29.3 Å². The van der Waals surface area contributed by atoms with Crippen LogP contribution >= 0.6 is 0 Å². The zero-order valence-electron chi connectivity index (χ0n) is 30.6. The van der Waals surface area contributed by atoms with Gasteiger partial charge in [0.1, 0.15) is 17.5 Å². The number of carbonyl (C=O) groups is 6.